The van der Waals surface area contributed by atoms with Crippen LogP contribution in [0.4, 0.5) is 0 Å². The molecule has 1 amide bonds. The van der Waals surface area contributed by atoms with Crippen molar-refractivity contribution in [3.8, 4) is 0 Å². The van der Waals surface area contributed by atoms with Gasteiger partial charge in [0.25, 0.3) is 5.91 Å². The van der Waals surface area contributed by atoms with Crippen LogP contribution in [0.5, 0.6) is 0 Å². The van der Waals surface area contributed by atoms with Crippen LogP contribution in [0, 0.1) is 0 Å². The van der Waals surface area contributed by atoms with Crippen LogP contribution < -0.4 is 0 Å². The highest BCUT2D eigenvalue weighted by atomic mass is 16.3. The molecule has 1 fully saturated rings. The Balaban J connectivity index is 1.45. The van der Waals surface area contributed by atoms with Gasteiger partial charge in [0, 0.05) is 37.6 Å². The Morgan fingerprint density at radius 3 is 2.81 bits per heavy atom. The number of nitrogens with zero attached hydrogens (tertiary/aromatic N) is 4. The zero-order valence-electron chi connectivity index (χ0n) is 14.4. The SMILES string of the molecule is O=C1c2cccn2[C@H]2CN(Cc3ccoc3)C[C@@H]2N1Cc1ccccn1. The average molecular weight is 348 g/mol. The zero-order chi connectivity index (χ0) is 17.5. The lowest BCUT2D eigenvalue weighted by Gasteiger charge is -2.38. The van der Waals surface area contributed by atoms with Gasteiger partial charge in [-0.15, -0.1) is 0 Å². The van der Waals surface area contributed by atoms with Gasteiger partial charge in [-0.2, -0.15) is 0 Å². The second-order valence-corrected chi connectivity index (χ2v) is 7.02. The third kappa shape index (κ3) is 2.54. The number of hydrogen-bond donors (Lipinski definition) is 0. The number of aromatic nitrogens is 2. The molecule has 0 bridgehead atoms. The second kappa shape index (κ2) is 6.14. The van der Waals surface area contributed by atoms with E-state index in [2.05, 4.69) is 14.5 Å². The first-order valence-electron chi connectivity index (χ1n) is 8.91. The van der Waals surface area contributed by atoms with Gasteiger partial charge in [0.1, 0.15) is 5.69 Å². The summed E-state index contributed by atoms with van der Waals surface area (Å²) in [5, 5.41) is 0. The minimum absolute atomic E-state index is 0.0899. The summed E-state index contributed by atoms with van der Waals surface area (Å²) in [4.78, 5) is 21.9. The van der Waals surface area contributed by atoms with E-state index in [-0.39, 0.29) is 18.0 Å². The van der Waals surface area contributed by atoms with Crippen LogP contribution in [-0.4, -0.2) is 44.4 Å². The number of likely N-dealkylation sites (tertiary alicyclic amines) is 1. The summed E-state index contributed by atoms with van der Waals surface area (Å²) in [7, 11) is 0. The first-order chi connectivity index (χ1) is 12.8. The van der Waals surface area contributed by atoms with Gasteiger partial charge in [0.15, 0.2) is 0 Å². The lowest BCUT2D eigenvalue weighted by molar-refractivity contribution is 0.0553. The van der Waals surface area contributed by atoms with Crippen LogP contribution in [0.1, 0.15) is 27.8 Å². The first-order valence-corrected chi connectivity index (χ1v) is 8.91. The van der Waals surface area contributed by atoms with Crippen molar-refractivity contribution in [1.82, 2.24) is 19.4 Å². The van der Waals surface area contributed by atoms with E-state index < -0.39 is 0 Å². The topological polar surface area (TPSA) is 54.5 Å². The zero-order valence-corrected chi connectivity index (χ0v) is 14.4. The molecule has 0 radical (unpaired) electrons. The van der Waals surface area contributed by atoms with E-state index >= 15 is 0 Å². The van der Waals surface area contributed by atoms with Crippen molar-refractivity contribution in [3.05, 3.63) is 78.3 Å². The molecular weight excluding hydrogens is 328 g/mol. The lowest BCUT2D eigenvalue weighted by atomic mass is 10.1. The highest BCUT2D eigenvalue weighted by molar-refractivity contribution is 5.94. The van der Waals surface area contributed by atoms with E-state index in [9.17, 15) is 4.79 Å². The molecule has 0 spiro atoms. The molecule has 26 heavy (non-hydrogen) atoms. The highest BCUT2D eigenvalue weighted by Gasteiger charge is 2.44. The predicted octanol–water partition coefficient (Wildman–Crippen LogP) is 2.56. The predicted molar refractivity (Wildman–Crippen MR) is 95.4 cm³/mol. The number of carbonyl (C=O) groups is 1. The van der Waals surface area contributed by atoms with E-state index in [1.54, 1.807) is 18.7 Å². The number of carbonyl (C=O) groups excluding carboxylic acids is 1. The Hall–Kier alpha value is -2.86. The molecule has 5 heterocycles. The molecule has 0 aromatic carbocycles. The fourth-order valence-corrected chi connectivity index (χ4v) is 4.21. The van der Waals surface area contributed by atoms with E-state index in [1.807, 2.05) is 47.5 Å². The molecule has 2 atom stereocenters. The Kier molecular flexibility index (Phi) is 3.64. The van der Waals surface area contributed by atoms with Gasteiger partial charge < -0.3 is 13.9 Å². The fraction of sp³-hybridized carbons (Fsp3) is 0.300. The summed E-state index contributed by atoms with van der Waals surface area (Å²) in [6.45, 7) is 3.16. The van der Waals surface area contributed by atoms with Gasteiger partial charge in [-0.3, -0.25) is 14.7 Å². The summed E-state index contributed by atoms with van der Waals surface area (Å²) < 4.78 is 7.35. The number of hydrogen-bond acceptors (Lipinski definition) is 4. The van der Waals surface area contributed by atoms with Gasteiger partial charge in [-0.25, -0.2) is 0 Å². The molecule has 6 heteroatoms. The largest absolute Gasteiger partial charge is 0.472 e. The molecule has 0 saturated carbocycles. The molecule has 0 unspecified atom stereocenters. The molecule has 3 aromatic rings. The maximum atomic E-state index is 13.1. The van der Waals surface area contributed by atoms with Crippen molar-refractivity contribution >= 4 is 5.91 Å². The molecule has 2 aliphatic rings. The Labute approximate surface area is 151 Å². The van der Waals surface area contributed by atoms with Gasteiger partial charge in [-0.1, -0.05) is 6.07 Å². The van der Waals surface area contributed by atoms with Crippen LogP contribution in [0.2, 0.25) is 0 Å². The van der Waals surface area contributed by atoms with E-state index in [4.69, 9.17) is 4.42 Å². The summed E-state index contributed by atoms with van der Waals surface area (Å²) in [6, 6.07) is 12.2. The standard InChI is InChI=1S/C20H20N4O2/c25-20-17-5-3-8-23(17)18-12-22(10-15-6-9-26-14-15)13-19(18)24(20)11-16-4-1-2-7-21-16/h1-9,14,18-19H,10-13H2/t18-,19-/m0/s1. The summed E-state index contributed by atoms with van der Waals surface area (Å²) in [5.74, 6) is 0.0899. The third-order valence-electron chi connectivity index (χ3n) is 5.40. The van der Waals surface area contributed by atoms with Gasteiger partial charge in [-0.05, 0) is 30.3 Å². The van der Waals surface area contributed by atoms with Gasteiger partial charge in [0.05, 0.1) is 36.8 Å². The second-order valence-electron chi connectivity index (χ2n) is 7.02. The molecule has 6 nitrogen and oxygen atoms in total. The first kappa shape index (κ1) is 15.4. The van der Waals surface area contributed by atoms with Gasteiger partial charge in [0.2, 0.25) is 0 Å². The number of amides is 1. The molecular formula is C20H20N4O2. The van der Waals surface area contributed by atoms with Gasteiger partial charge >= 0.3 is 0 Å². The maximum Gasteiger partial charge on any atom is 0.271 e. The van der Waals surface area contributed by atoms with Crippen LogP contribution in [0.15, 0.2) is 65.7 Å². The molecule has 0 N–H and O–H groups in total. The quantitative estimate of drug-likeness (QED) is 0.727. The van der Waals surface area contributed by atoms with Crippen molar-refractivity contribution in [2.24, 2.45) is 0 Å². The van der Waals surface area contributed by atoms with E-state index in [0.717, 1.165) is 31.0 Å². The van der Waals surface area contributed by atoms with E-state index in [1.165, 1.54) is 5.56 Å². The minimum Gasteiger partial charge on any atom is -0.472 e. The number of furan rings is 1. The third-order valence-corrected chi connectivity index (χ3v) is 5.40. The highest BCUT2D eigenvalue weighted by Crippen LogP contribution is 2.35. The van der Waals surface area contributed by atoms with Crippen molar-refractivity contribution in [3.63, 3.8) is 0 Å². The molecule has 3 aromatic heterocycles. The van der Waals surface area contributed by atoms with Crippen molar-refractivity contribution in [2.45, 2.75) is 25.2 Å². The van der Waals surface area contributed by atoms with Crippen LogP contribution >= 0.6 is 0 Å². The summed E-state index contributed by atoms with van der Waals surface area (Å²) in [5.41, 5.74) is 2.86. The minimum atomic E-state index is 0.0899. The van der Waals surface area contributed by atoms with E-state index in [0.29, 0.717) is 6.54 Å². The molecule has 5 rings (SSSR count). The van der Waals surface area contributed by atoms with Crippen molar-refractivity contribution in [1.29, 1.82) is 0 Å². The molecule has 1 saturated heterocycles. The van der Waals surface area contributed by atoms with Crippen LogP contribution in [0.25, 0.3) is 0 Å². The Morgan fingerprint density at radius 1 is 1.08 bits per heavy atom. The fourth-order valence-electron chi connectivity index (χ4n) is 4.21. The Morgan fingerprint density at radius 2 is 2.00 bits per heavy atom. The van der Waals surface area contributed by atoms with Crippen LogP contribution in [-0.2, 0) is 13.1 Å². The molecule has 2 aliphatic heterocycles. The monoisotopic (exact) mass is 348 g/mol. The summed E-state index contributed by atoms with van der Waals surface area (Å²) >= 11 is 0. The number of fused-ring (bicyclic) bond motifs is 3. The number of rotatable bonds is 4. The molecule has 0 aliphatic carbocycles. The van der Waals surface area contributed by atoms with Crippen molar-refractivity contribution in [2.75, 3.05) is 13.1 Å². The summed E-state index contributed by atoms with van der Waals surface area (Å²) in [6.07, 6.45) is 7.31. The average Bonchev–Trinajstić information content (AvgIpc) is 3.40. The number of pyridine rings is 1. The smallest absolute Gasteiger partial charge is 0.271 e. The van der Waals surface area contributed by atoms with Crippen LogP contribution in [0.3, 0.4) is 0 Å². The lowest BCUT2D eigenvalue weighted by Crippen LogP contribution is -2.49. The maximum absolute atomic E-state index is 13.1. The Bertz CT molecular complexity index is 903. The molecule has 132 valence electrons. The van der Waals surface area contributed by atoms with Crippen molar-refractivity contribution < 1.29 is 9.21 Å². The normalized spacial score (nSPS) is 22.5.